The van der Waals surface area contributed by atoms with Crippen LogP contribution in [0.25, 0.3) is 0 Å². The number of nitrogens with zero attached hydrogens (tertiary/aromatic N) is 6. The van der Waals surface area contributed by atoms with Gasteiger partial charge in [-0.25, -0.2) is 13.2 Å². The molecule has 113 heavy (non-hydrogen) atoms. The van der Waals surface area contributed by atoms with E-state index in [9.17, 15) is 47.1 Å². The third-order valence-electron chi connectivity index (χ3n) is 21.8. The van der Waals surface area contributed by atoms with Gasteiger partial charge in [-0.05, 0) is 116 Å². The quantitative estimate of drug-likeness (QED) is 0.0240. The van der Waals surface area contributed by atoms with Crippen LogP contribution in [0.15, 0.2) is 72.8 Å². The van der Waals surface area contributed by atoms with Gasteiger partial charge in [0.2, 0.25) is 41.4 Å². The number of carboxylic acid groups (broad SMARTS) is 1. The number of Topliss-reactive ketones (excluding diaryl/α,β-unsaturated/α-hetero) is 3. The fourth-order valence-corrected chi connectivity index (χ4v) is 21.3. The first-order valence-corrected chi connectivity index (χ1v) is 44.4. The predicted molar refractivity (Wildman–Crippen MR) is 447 cm³/mol. The van der Waals surface area contributed by atoms with E-state index in [0.717, 1.165) is 28.5 Å². The molecule has 0 aliphatic rings. The number of ketones is 3. The largest absolute Gasteiger partial charge is 0.480 e. The Morgan fingerprint density at radius 2 is 0.991 bits per heavy atom. The molecule has 2 aromatic rings. The fraction of sp³-hybridized carbons (Fsp3) is 0.698. The number of nitrogens with one attached hydrogen (secondary N) is 2. The molecule has 638 valence electrons. The summed E-state index contributed by atoms with van der Waals surface area (Å²) in [6.07, 6.45) is 3.89. The zero-order valence-corrected chi connectivity index (χ0v) is 75.3. The molecule has 0 heterocycles. The number of sulfone groups is 1. The number of aliphatic carboxylic acids is 1. The number of hydrogen-bond donors (Lipinski definition) is 3. The van der Waals surface area contributed by atoms with Gasteiger partial charge in [0.05, 0.1) is 23.9 Å². The zero-order valence-electron chi connectivity index (χ0n) is 73.5. The summed E-state index contributed by atoms with van der Waals surface area (Å²) in [6, 6.07) is 10.7. The van der Waals surface area contributed by atoms with Gasteiger partial charge < -0.3 is 54.3 Å². The lowest BCUT2D eigenvalue weighted by molar-refractivity contribution is -0.164. The average Bonchev–Trinajstić information content (AvgIpc) is 0.747. The maximum Gasteiger partial charge on any atom is 0.326 e. The number of carbonyl (C=O) groups is 12. The Kier molecular flexibility index (Phi) is 41.6. The summed E-state index contributed by atoms with van der Waals surface area (Å²) in [5.41, 5.74) is 0. The van der Waals surface area contributed by atoms with Crippen molar-refractivity contribution < 1.29 is 80.2 Å². The molecule has 0 unspecified atom stereocenters. The van der Waals surface area contributed by atoms with Crippen molar-refractivity contribution in [1.82, 2.24) is 40.0 Å². The fourth-order valence-electron chi connectivity index (χ4n) is 15.5. The van der Waals surface area contributed by atoms with Crippen molar-refractivity contribution in [3.05, 3.63) is 72.8 Å². The van der Waals surface area contributed by atoms with Crippen molar-refractivity contribution in [1.29, 1.82) is 0 Å². The molecule has 2 rings (SSSR count). The number of benzene rings is 2. The Bertz CT molecular complexity index is 3580. The molecule has 3 N–H and O–H groups in total. The molecular weight excluding hydrogens is 1480 g/mol. The molecular formula is C86H142N8O17SSi. The van der Waals surface area contributed by atoms with E-state index in [4.69, 9.17) is 9.16 Å². The highest BCUT2D eigenvalue weighted by atomic mass is 32.2. The molecule has 7 amide bonds. The number of ether oxygens (including phenoxy) is 1. The molecule has 27 heteroatoms. The van der Waals surface area contributed by atoms with E-state index in [1.807, 2.05) is 77.9 Å². The van der Waals surface area contributed by atoms with Crippen molar-refractivity contribution >= 4 is 99.2 Å². The number of carboxylic acids is 1. The van der Waals surface area contributed by atoms with Crippen molar-refractivity contribution in [2.45, 2.75) is 262 Å². The van der Waals surface area contributed by atoms with Gasteiger partial charge in [0.15, 0.2) is 11.6 Å². The van der Waals surface area contributed by atoms with Crippen LogP contribution >= 0.6 is 0 Å². The molecule has 25 nitrogen and oxygen atoms in total. The van der Waals surface area contributed by atoms with Crippen LogP contribution < -0.4 is 21.0 Å². The highest BCUT2D eigenvalue weighted by Crippen LogP contribution is 2.38. The molecule has 14 atom stereocenters. The summed E-state index contributed by atoms with van der Waals surface area (Å²) < 4.78 is 38.9. The molecule has 0 aromatic heterocycles. The lowest BCUT2D eigenvalue weighted by atomic mass is 9.83. The van der Waals surface area contributed by atoms with E-state index in [1.54, 1.807) is 88.4 Å². The van der Waals surface area contributed by atoms with Gasteiger partial charge in [-0.2, -0.15) is 0 Å². The number of esters is 1. The van der Waals surface area contributed by atoms with Crippen LogP contribution in [-0.4, -0.2) is 244 Å². The minimum atomic E-state index is -3.69. The smallest absolute Gasteiger partial charge is 0.326 e. The molecule has 0 radical (unpaired) electrons. The zero-order chi connectivity index (χ0) is 86.8. The van der Waals surface area contributed by atoms with Gasteiger partial charge in [-0.3, -0.25) is 52.7 Å². The van der Waals surface area contributed by atoms with E-state index in [2.05, 4.69) is 55.7 Å². The van der Waals surface area contributed by atoms with E-state index in [0.29, 0.717) is 25.9 Å². The van der Waals surface area contributed by atoms with Crippen LogP contribution in [0.4, 0.5) is 0 Å². The minimum Gasteiger partial charge on any atom is -0.480 e. The van der Waals surface area contributed by atoms with Gasteiger partial charge in [-0.1, -0.05) is 197 Å². The van der Waals surface area contributed by atoms with Crippen LogP contribution in [0.1, 0.15) is 203 Å². The second-order valence-corrected chi connectivity index (χ2v) is 41.1. The number of amides is 7. The molecule has 0 fully saturated rings. The minimum absolute atomic E-state index is 0.00364. The Morgan fingerprint density at radius 1 is 0.540 bits per heavy atom. The van der Waals surface area contributed by atoms with Crippen LogP contribution in [0, 0.1) is 59.2 Å². The lowest BCUT2D eigenvalue weighted by Gasteiger charge is -2.43. The number of hydrogen-bond acceptors (Lipinski definition) is 17. The molecule has 0 aliphatic heterocycles. The van der Waals surface area contributed by atoms with Gasteiger partial charge in [0, 0.05) is 99.1 Å². The van der Waals surface area contributed by atoms with Gasteiger partial charge in [0.25, 0.3) is 8.32 Å². The maximum atomic E-state index is 15.2. The Hall–Kier alpha value is -7.49. The first kappa shape index (κ1) is 102. The number of rotatable bonds is 49. The van der Waals surface area contributed by atoms with Crippen molar-refractivity contribution in [3.8, 4) is 0 Å². The normalized spacial score (nSPS) is 16.0. The first-order chi connectivity index (χ1) is 52.3. The summed E-state index contributed by atoms with van der Waals surface area (Å²) in [5, 5.41) is 17.5. The first-order valence-electron chi connectivity index (χ1n) is 40.4. The molecule has 0 spiro atoms. The highest BCUT2D eigenvalue weighted by Gasteiger charge is 2.51. The number of carbonyl (C=O) groups excluding carboxylic acids is 11. The summed E-state index contributed by atoms with van der Waals surface area (Å²) in [7, 11) is 3.69. The SMILES string of the molecule is C/C=C/C[C@@H](C)[C@@H](OC(C)=O)[C@@H](C(=O)N[C@@H](CC)C(=O)O)N(C)C(=O)[C@H](C(C)C)N(C)C(=O)[C@H](CC(C)C)N(C)C(=O)[C@H](CC(C)C)N(C)C(=O)[C@@H](C)CC(=O)[C@H](C)CC(=O)[C@H](CC(C)C)N(C)C(=O)[C@@H](CC(=O)[C@H]([C@H](C)CS(C)(=O)=O)N(C)C(=O)[C@@H](CCCO[Si](c1ccccc1)(c1ccccc1)C(C)(C)C)NC)C(C)C. The highest BCUT2D eigenvalue weighted by molar-refractivity contribution is 7.90. The maximum absolute atomic E-state index is 15.2. The molecule has 0 saturated heterocycles. The Morgan fingerprint density at radius 3 is 1.42 bits per heavy atom. The van der Waals surface area contributed by atoms with Crippen LogP contribution in [0.2, 0.25) is 5.04 Å². The van der Waals surface area contributed by atoms with E-state index in [1.165, 1.54) is 66.8 Å². The predicted octanol–water partition coefficient (Wildman–Crippen LogP) is 9.30. The van der Waals surface area contributed by atoms with Gasteiger partial charge in [-0.15, -0.1) is 0 Å². The van der Waals surface area contributed by atoms with Gasteiger partial charge in [0.1, 0.15) is 51.9 Å². The topological polar surface area (TPSA) is 321 Å². The average molecular weight is 1620 g/mol. The Balaban J connectivity index is 2.50. The van der Waals surface area contributed by atoms with E-state index >= 15 is 24.0 Å². The molecule has 2 aromatic carbocycles. The number of allylic oxidation sites excluding steroid dienone is 2. The van der Waals surface area contributed by atoms with Crippen molar-refractivity contribution in [3.63, 3.8) is 0 Å². The van der Waals surface area contributed by atoms with E-state index < -0.39 is 190 Å². The van der Waals surface area contributed by atoms with Crippen LogP contribution in [-0.2, 0) is 76.5 Å². The van der Waals surface area contributed by atoms with Crippen molar-refractivity contribution in [2.24, 2.45) is 59.2 Å². The third kappa shape index (κ3) is 29.0. The summed E-state index contributed by atoms with van der Waals surface area (Å²) in [5.74, 6) is -14.3. The molecule has 0 bridgehead atoms. The molecule has 0 saturated carbocycles. The third-order valence-corrected chi connectivity index (χ3v) is 28.0. The van der Waals surface area contributed by atoms with E-state index in [-0.39, 0.29) is 67.7 Å². The number of likely N-dealkylation sites (N-methyl/N-ethyl adjacent to an activating group) is 7. The molecule has 0 aliphatic carbocycles. The second kappa shape index (κ2) is 46.3. The van der Waals surface area contributed by atoms with Crippen LogP contribution in [0.5, 0.6) is 0 Å². The summed E-state index contributed by atoms with van der Waals surface area (Å²) in [4.78, 5) is 181. The van der Waals surface area contributed by atoms with Gasteiger partial charge >= 0.3 is 11.9 Å². The lowest BCUT2D eigenvalue weighted by Crippen LogP contribution is -2.66. The summed E-state index contributed by atoms with van der Waals surface area (Å²) >= 11 is 0. The van der Waals surface area contributed by atoms with Crippen LogP contribution in [0.3, 0.4) is 0 Å². The monoisotopic (exact) mass is 1620 g/mol. The summed E-state index contributed by atoms with van der Waals surface area (Å²) in [6.45, 7) is 36.0. The standard InChI is InChI=1S/C86H142N8O17SSi/c1-29-31-39-58(13)77(111-62(17)95)76(78(99)88-66(30-2)85(106)107)94(27)84(105)74(57(11)12)92(25)83(104)70(48-55(7)8)91(24)82(103)69(47-54(5)6)90(23)79(100)60(15)50-71(96)59(14)49-72(97)68(46-53(3)4)89(22)80(101)65(56(9)10)51-73(98)75(61(16)52-112(28,108)109)93(26)81(102)67(87-21)44-38-45-110-113(86(18,19)20,63-40-34-32-35-41-63)64-42-36-33-37-43-64/h29,31-37,40-43,53-61,65-70,74-77,87H,30,38-39,44-52H2,1-28H3,(H,88,99)(H,106,107)/b31-29+/t58-,59-,60+,61-,65+,66+,67-,68+,69+,70+,74+,75+,76+,77-/m1/s1. The Labute approximate surface area is 678 Å². The van der Waals surface area contributed by atoms with Crippen molar-refractivity contribution in [2.75, 3.05) is 67.9 Å². The second-order valence-electron chi connectivity index (χ2n) is 34.6.